The van der Waals surface area contributed by atoms with Crippen LogP contribution >= 0.6 is 0 Å². The lowest BCUT2D eigenvalue weighted by molar-refractivity contribution is 0.0266. The summed E-state index contributed by atoms with van der Waals surface area (Å²) in [6.45, 7) is 15.1. The van der Waals surface area contributed by atoms with E-state index in [-0.39, 0.29) is 0 Å². The highest BCUT2D eigenvalue weighted by Crippen LogP contribution is 2.44. The molecule has 0 aromatic carbocycles. The predicted octanol–water partition coefficient (Wildman–Crippen LogP) is 7.62. The SMILES string of the molecule is CC(C)(C)C1CCCCC1CCOC(=O)OCCC1CCCCC1C(C)(C)C. The zero-order chi connectivity index (χ0) is 20.8. The molecular weight excluding hydrogens is 348 g/mol. The van der Waals surface area contributed by atoms with Gasteiger partial charge in [-0.1, -0.05) is 80.1 Å². The van der Waals surface area contributed by atoms with Crippen LogP contribution < -0.4 is 0 Å². The van der Waals surface area contributed by atoms with Crippen LogP contribution in [0.4, 0.5) is 4.79 Å². The van der Waals surface area contributed by atoms with Crippen LogP contribution in [0.15, 0.2) is 0 Å². The quantitative estimate of drug-likeness (QED) is 0.434. The lowest BCUT2D eigenvalue weighted by Gasteiger charge is -2.40. The first-order valence-corrected chi connectivity index (χ1v) is 11.9. The van der Waals surface area contributed by atoms with Crippen molar-refractivity contribution in [1.29, 1.82) is 0 Å². The lowest BCUT2D eigenvalue weighted by atomic mass is 9.65. The van der Waals surface area contributed by atoms with Gasteiger partial charge in [-0.15, -0.1) is 0 Å². The first kappa shape index (κ1) is 23.5. The van der Waals surface area contributed by atoms with Crippen molar-refractivity contribution >= 4 is 6.16 Å². The fourth-order valence-electron chi connectivity index (χ4n) is 6.02. The Labute approximate surface area is 174 Å². The van der Waals surface area contributed by atoms with E-state index in [0.29, 0.717) is 35.9 Å². The van der Waals surface area contributed by atoms with E-state index in [1.54, 1.807) is 0 Å². The van der Waals surface area contributed by atoms with Gasteiger partial charge in [0.15, 0.2) is 0 Å². The van der Waals surface area contributed by atoms with Crippen LogP contribution in [0.3, 0.4) is 0 Å². The zero-order valence-electron chi connectivity index (χ0n) is 19.5. The minimum Gasteiger partial charge on any atom is -0.434 e. The van der Waals surface area contributed by atoms with Gasteiger partial charge in [0.05, 0.1) is 13.2 Å². The van der Waals surface area contributed by atoms with Crippen molar-refractivity contribution in [2.24, 2.45) is 34.5 Å². The second-order valence-electron chi connectivity index (χ2n) is 11.6. The van der Waals surface area contributed by atoms with Crippen LogP contribution in [0, 0.1) is 34.5 Å². The minimum atomic E-state index is -0.466. The summed E-state index contributed by atoms with van der Waals surface area (Å²) < 4.78 is 10.9. The smallest absolute Gasteiger partial charge is 0.434 e. The Hall–Kier alpha value is -0.730. The van der Waals surface area contributed by atoms with Crippen LogP contribution in [-0.2, 0) is 9.47 Å². The van der Waals surface area contributed by atoms with E-state index in [0.717, 1.165) is 24.7 Å². The van der Waals surface area contributed by atoms with Crippen molar-refractivity contribution in [1.82, 2.24) is 0 Å². The molecule has 0 bridgehead atoms. The lowest BCUT2D eigenvalue weighted by Crippen LogP contribution is -2.32. The summed E-state index contributed by atoms with van der Waals surface area (Å²) in [7, 11) is 0. The number of ether oxygens (including phenoxy) is 2. The van der Waals surface area contributed by atoms with Gasteiger partial charge in [0.1, 0.15) is 0 Å². The third-order valence-corrected chi connectivity index (χ3v) is 7.46. The molecule has 0 aromatic heterocycles. The van der Waals surface area contributed by atoms with Crippen molar-refractivity contribution in [3.05, 3.63) is 0 Å². The van der Waals surface area contributed by atoms with Gasteiger partial charge in [-0.2, -0.15) is 0 Å². The summed E-state index contributed by atoms with van der Waals surface area (Å²) in [5.41, 5.74) is 0.685. The first-order valence-electron chi connectivity index (χ1n) is 11.9. The highest BCUT2D eigenvalue weighted by atomic mass is 16.7. The van der Waals surface area contributed by atoms with Crippen LogP contribution in [-0.4, -0.2) is 19.4 Å². The summed E-state index contributed by atoms with van der Waals surface area (Å²) in [6.07, 6.45) is 12.0. The summed E-state index contributed by atoms with van der Waals surface area (Å²) in [5.74, 6) is 2.83. The van der Waals surface area contributed by atoms with Gasteiger partial charge in [0, 0.05) is 0 Å². The van der Waals surface area contributed by atoms with E-state index in [1.807, 2.05) is 0 Å². The van der Waals surface area contributed by atoms with Gasteiger partial charge >= 0.3 is 6.16 Å². The number of hydrogen-bond donors (Lipinski definition) is 0. The Morgan fingerprint density at radius 2 is 1.04 bits per heavy atom. The van der Waals surface area contributed by atoms with Gasteiger partial charge in [-0.25, -0.2) is 4.79 Å². The highest BCUT2D eigenvalue weighted by Gasteiger charge is 2.35. The fourth-order valence-corrected chi connectivity index (χ4v) is 6.02. The molecule has 3 nitrogen and oxygen atoms in total. The zero-order valence-corrected chi connectivity index (χ0v) is 19.5. The molecule has 2 fully saturated rings. The van der Waals surface area contributed by atoms with E-state index < -0.39 is 6.16 Å². The Bertz CT molecular complexity index is 429. The largest absolute Gasteiger partial charge is 0.508 e. The van der Waals surface area contributed by atoms with E-state index in [4.69, 9.17) is 9.47 Å². The molecule has 0 amide bonds. The molecule has 0 aliphatic heterocycles. The summed E-state index contributed by atoms with van der Waals surface area (Å²) in [5, 5.41) is 0. The van der Waals surface area contributed by atoms with Gasteiger partial charge in [-0.3, -0.25) is 0 Å². The monoisotopic (exact) mass is 394 g/mol. The van der Waals surface area contributed by atoms with Crippen molar-refractivity contribution in [3.8, 4) is 0 Å². The van der Waals surface area contributed by atoms with E-state index >= 15 is 0 Å². The first-order chi connectivity index (χ1) is 13.1. The number of carbonyl (C=O) groups excluding carboxylic acids is 1. The molecule has 0 heterocycles. The summed E-state index contributed by atoms with van der Waals surface area (Å²) >= 11 is 0. The van der Waals surface area contributed by atoms with Crippen LogP contribution in [0.2, 0.25) is 0 Å². The van der Waals surface area contributed by atoms with Crippen LogP contribution in [0.1, 0.15) is 106 Å². The molecule has 164 valence electrons. The standard InChI is InChI=1S/C25H46O3/c1-24(2,3)21-13-9-7-11-19(21)15-17-27-23(26)28-18-16-20-12-8-10-14-22(20)25(4,5)6/h19-22H,7-18H2,1-6H3. The van der Waals surface area contributed by atoms with Gasteiger partial charge in [0.25, 0.3) is 0 Å². The molecule has 0 saturated heterocycles. The molecule has 2 aliphatic carbocycles. The molecule has 3 heteroatoms. The summed E-state index contributed by atoms with van der Waals surface area (Å²) in [6, 6.07) is 0. The summed E-state index contributed by atoms with van der Waals surface area (Å²) in [4.78, 5) is 12.0. The topological polar surface area (TPSA) is 35.5 Å². The Morgan fingerprint density at radius 1 is 0.679 bits per heavy atom. The average molecular weight is 395 g/mol. The molecule has 0 N–H and O–H groups in total. The van der Waals surface area contributed by atoms with Gasteiger partial charge < -0.3 is 9.47 Å². The van der Waals surface area contributed by atoms with Gasteiger partial charge in [-0.05, 0) is 60.2 Å². The molecular formula is C25H46O3. The Morgan fingerprint density at radius 3 is 1.39 bits per heavy atom. The maximum absolute atomic E-state index is 12.0. The average Bonchev–Trinajstić information content (AvgIpc) is 2.61. The highest BCUT2D eigenvalue weighted by molar-refractivity contribution is 5.59. The van der Waals surface area contributed by atoms with Crippen molar-refractivity contribution in [2.45, 2.75) is 106 Å². The van der Waals surface area contributed by atoms with Gasteiger partial charge in [0.2, 0.25) is 0 Å². The Balaban J connectivity index is 1.67. The molecule has 0 radical (unpaired) electrons. The Kier molecular flexibility index (Phi) is 8.70. The number of hydrogen-bond acceptors (Lipinski definition) is 3. The molecule has 4 unspecified atom stereocenters. The van der Waals surface area contributed by atoms with Crippen LogP contribution in [0.5, 0.6) is 0 Å². The molecule has 28 heavy (non-hydrogen) atoms. The number of carbonyl (C=O) groups is 1. The second-order valence-corrected chi connectivity index (χ2v) is 11.6. The van der Waals surface area contributed by atoms with E-state index in [1.165, 1.54) is 51.4 Å². The molecule has 2 aliphatic rings. The van der Waals surface area contributed by atoms with Crippen molar-refractivity contribution in [2.75, 3.05) is 13.2 Å². The normalized spacial score (nSPS) is 29.4. The van der Waals surface area contributed by atoms with Crippen molar-refractivity contribution < 1.29 is 14.3 Å². The number of rotatable bonds is 6. The van der Waals surface area contributed by atoms with Crippen LogP contribution in [0.25, 0.3) is 0 Å². The van der Waals surface area contributed by atoms with E-state index in [9.17, 15) is 4.79 Å². The third kappa shape index (κ3) is 7.26. The molecule has 4 atom stereocenters. The molecule has 0 spiro atoms. The second kappa shape index (κ2) is 10.3. The molecule has 2 rings (SSSR count). The maximum Gasteiger partial charge on any atom is 0.508 e. The van der Waals surface area contributed by atoms with Crippen molar-refractivity contribution in [3.63, 3.8) is 0 Å². The van der Waals surface area contributed by atoms with E-state index in [2.05, 4.69) is 41.5 Å². The third-order valence-electron chi connectivity index (χ3n) is 7.46. The minimum absolute atomic E-state index is 0.342. The fraction of sp³-hybridized carbons (Fsp3) is 0.960. The maximum atomic E-state index is 12.0. The molecule has 2 saturated carbocycles. The predicted molar refractivity (Wildman–Crippen MR) is 116 cm³/mol. The molecule has 0 aromatic rings.